The number of thiophene rings is 1. The van der Waals surface area contributed by atoms with Crippen LogP contribution in [0.15, 0.2) is 23.0 Å². The Hall–Kier alpha value is -0.575. The van der Waals surface area contributed by atoms with E-state index in [1.165, 1.54) is 23.2 Å². The Labute approximate surface area is 121 Å². The summed E-state index contributed by atoms with van der Waals surface area (Å²) >= 11 is 1.76. The average molecular weight is 278 g/mol. The minimum atomic E-state index is -0.151. The van der Waals surface area contributed by atoms with E-state index in [4.69, 9.17) is 9.31 Å². The van der Waals surface area contributed by atoms with E-state index in [9.17, 15) is 0 Å². The van der Waals surface area contributed by atoms with Crippen LogP contribution in [-0.2, 0) is 9.31 Å². The van der Waals surface area contributed by atoms with Crippen molar-refractivity contribution in [3.8, 4) is 0 Å². The summed E-state index contributed by atoms with van der Waals surface area (Å²) in [4.78, 5) is 1.28. The topological polar surface area (TPSA) is 18.5 Å². The highest BCUT2D eigenvalue weighted by molar-refractivity contribution is 7.10. The van der Waals surface area contributed by atoms with Gasteiger partial charge in [0, 0.05) is 23.5 Å². The third kappa shape index (κ3) is 4.48. The Morgan fingerprint density at radius 2 is 2.16 bits per heavy atom. The van der Waals surface area contributed by atoms with Crippen LogP contribution < -0.4 is 0 Å². The summed E-state index contributed by atoms with van der Waals surface area (Å²) in [6.45, 7) is 8.11. The lowest BCUT2D eigenvalue weighted by Gasteiger charge is -2.33. The van der Waals surface area contributed by atoms with Gasteiger partial charge in [0.25, 0.3) is 0 Å². The molecule has 1 aliphatic heterocycles. The fourth-order valence-corrected chi connectivity index (χ4v) is 2.79. The van der Waals surface area contributed by atoms with Crippen molar-refractivity contribution in [3.63, 3.8) is 0 Å². The second kappa shape index (κ2) is 6.73. The van der Waals surface area contributed by atoms with Gasteiger partial charge in [-0.25, -0.2) is 0 Å². The molecule has 0 N–H and O–H groups in total. The van der Waals surface area contributed by atoms with Crippen LogP contribution in [0.3, 0.4) is 0 Å². The molecule has 0 amide bonds. The highest BCUT2D eigenvalue weighted by atomic mass is 32.1. The Kier molecular flexibility index (Phi) is 5.25. The van der Waals surface area contributed by atoms with E-state index in [1.807, 2.05) is 0 Å². The van der Waals surface area contributed by atoms with Crippen LogP contribution in [0.25, 0.3) is 6.08 Å². The molecule has 0 unspecified atom stereocenters. The number of rotatable bonds is 5. The van der Waals surface area contributed by atoms with Crippen molar-refractivity contribution >= 4 is 24.5 Å². The van der Waals surface area contributed by atoms with Crippen molar-refractivity contribution in [2.24, 2.45) is 5.41 Å². The van der Waals surface area contributed by atoms with Crippen molar-refractivity contribution < 1.29 is 9.31 Å². The summed E-state index contributed by atoms with van der Waals surface area (Å²) in [5.41, 5.74) is 1.41. The van der Waals surface area contributed by atoms with Crippen LogP contribution in [0.2, 0.25) is 0 Å². The molecule has 1 aromatic heterocycles. The number of unbranched alkanes of at least 4 members (excludes halogenated alkanes) is 1. The maximum absolute atomic E-state index is 5.92. The molecule has 0 aromatic carbocycles. The SMILES string of the molecule is CCCC/C(=C\c1cccs1)B1OCC(C)(C)CO1. The van der Waals surface area contributed by atoms with Crippen molar-refractivity contribution in [3.05, 3.63) is 27.9 Å². The zero-order valence-electron chi connectivity index (χ0n) is 12.1. The van der Waals surface area contributed by atoms with Crippen LogP contribution in [0.4, 0.5) is 0 Å². The minimum absolute atomic E-state index is 0.134. The predicted molar refractivity (Wildman–Crippen MR) is 83.3 cm³/mol. The molecule has 1 saturated heterocycles. The Morgan fingerprint density at radius 3 is 2.74 bits per heavy atom. The highest BCUT2D eigenvalue weighted by Crippen LogP contribution is 2.27. The van der Waals surface area contributed by atoms with E-state index < -0.39 is 0 Å². The first-order valence-corrected chi connectivity index (χ1v) is 7.96. The second-order valence-electron chi connectivity index (χ2n) is 5.96. The molecule has 2 heterocycles. The van der Waals surface area contributed by atoms with E-state index in [0.717, 1.165) is 19.6 Å². The van der Waals surface area contributed by atoms with E-state index >= 15 is 0 Å². The summed E-state index contributed by atoms with van der Waals surface area (Å²) in [6, 6.07) is 4.23. The van der Waals surface area contributed by atoms with Crippen LogP contribution >= 0.6 is 11.3 Å². The lowest BCUT2D eigenvalue weighted by molar-refractivity contribution is 0.0319. The van der Waals surface area contributed by atoms with Gasteiger partial charge in [0.15, 0.2) is 0 Å². The first kappa shape index (κ1) is 14.8. The Balaban J connectivity index is 2.06. The average Bonchev–Trinajstić information content (AvgIpc) is 2.87. The first-order chi connectivity index (χ1) is 9.11. The summed E-state index contributed by atoms with van der Waals surface area (Å²) in [5.74, 6) is 0. The zero-order valence-corrected chi connectivity index (χ0v) is 13.0. The van der Waals surface area contributed by atoms with Gasteiger partial charge in [-0.1, -0.05) is 39.7 Å². The van der Waals surface area contributed by atoms with Gasteiger partial charge in [-0.05, 0) is 29.4 Å². The van der Waals surface area contributed by atoms with Crippen molar-refractivity contribution in [1.82, 2.24) is 0 Å². The molecule has 0 spiro atoms. The van der Waals surface area contributed by atoms with Gasteiger partial charge in [-0.2, -0.15) is 0 Å². The Morgan fingerprint density at radius 1 is 1.42 bits per heavy atom. The third-order valence-electron chi connectivity index (χ3n) is 3.24. The standard InChI is InChI=1S/C15H23BO2S/c1-4-5-7-13(10-14-8-6-9-19-14)16-17-11-15(2,3)12-18-16/h6,8-10H,4-5,7,11-12H2,1-3H3/b13-10+. The fourth-order valence-electron chi connectivity index (χ4n) is 2.10. The smallest absolute Gasteiger partial charge is 0.407 e. The maximum Gasteiger partial charge on any atom is 0.489 e. The molecule has 1 fully saturated rings. The Bertz CT molecular complexity index is 402. The van der Waals surface area contributed by atoms with Gasteiger partial charge in [-0.15, -0.1) is 11.3 Å². The summed E-state index contributed by atoms with van der Waals surface area (Å²) < 4.78 is 11.8. The predicted octanol–water partition coefficient (Wildman–Crippen LogP) is 4.42. The van der Waals surface area contributed by atoms with E-state index in [1.54, 1.807) is 11.3 Å². The molecule has 1 aromatic rings. The summed E-state index contributed by atoms with van der Waals surface area (Å²) in [6.07, 6.45) is 5.67. The molecule has 0 radical (unpaired) electrons. The first-order valence-electron chi connectivity index (χ1n) is 7.08. The second-order valence-corrected chi connectivity index (χ2v) is 6.94. The van der Waals surface area contributed by atoms with E-state index in [-0.39, 0.29) is 12.5 Å². The molecule has 0 bridgehead atoms. The summed E-state index contributed by atoms with van der Waals surface area (Å²) in [7, 11) is -0.151. The molecule has 0 aliphatic carbocycles. The normalized spacial score (nSPS) is 19.7. The van der Waals surface area contributed by atoms with Crippen LogP contribution in [0, 0.1) is 5.41 Å². The lowest BCUT2D eigenvalue weighted by Crippen LogP contribution is -2.41. The quantitative estimate of drug-likeness (QED) is 0.742. The molecule has 0 saturated carbocycles. The number of hydrogen-bond acceptors (Lipinski definition) is 3. The van der Waals surface area contributed by atoms with Crippen molar-refractivity contribution in [1.29, 1.82) is 0 Å². The highest BCUT2D eigenvalue weighted by Gasteiger charge is 2.34. The number of hydrogen-bond donors (Lipinski definition) is 0. The zero-order chi connectivity index (χ0) is 13.7. The van der Waals surface area contributed by atoms with Gasteiger partial charge in [-0.3, -0.25) is 0 Å². The van der Waals surface area contributed by atoms with Gasteiger partial charge in [0.05, 0.1) is 0 Å². The molecule has 2 nitrogen and oxygen atoms in total. The maximum atomic E-state index is 5.92. The van der Waals surface area contributed by atoms with Gasteiger partial charge in [0.1, 0.15) is 0 Å². The van der Waals surface area contributed by atoms with Gasteiger partial charge >= 0.3 is 7.12 Å². The number of allylic oxidation sites excluding steroid dienone is 1. The molecule has 2 rings (SSSR count). The van der Waals surface area contributed by atoms with Crippen LogP contribution in [0.1, 0.15) is 44.9 Å². The largest absolute Gasteiger partial charge is 0.489 e. The third-order valence-corrected chi connectivity index (χ3v) is 4.06. The lowest BCUT2D eigenvalue weighted by atomic mass is 9.72. The molecule has 0 atom stereocenters. The monoisotopic (exact) mass is 278 g/mol. The van der Waals surface area contributed by atoms with Gasteiger partial charge in [0.2, 0.25) is 0 Å². The molecule has 19 heavy (non-hydrogen) atoms. The van der Waals surface area contributed by atoms with Crippen LogP contribution in [-0.4, -0.2) is 20.3 Å². The minimum Gasteiger partial charge on any atom is -0.407 e. The van der Waals surface area contributed by atoms with E-state index in [0.29, 0.717) is 0 Å². The molecule has 1 aliphatic rings. The fraction of sp³-hybridized carbons (Fsp3) is 0.600. The van der Waals surface area contributed by atoms with E-state index in [2.05, 4.69) is 44.4 Å². The van der Waals surface area contributed by atoms with Crippen LogP contribution in [0.5, 0.6) is 0 Å². The summed E-state index contributed by atoms with van der Waals surface area (Å²) in [5, 5.41) is 2.11. The van der Waals surface area contributed by atoms with Crippen molar-refractivity contribution in [2.45, 2.75) is 40.0 Å². The molecular formula is C15H23BO2S. The molecule has 4 heteroatoms. The van der Waals surface area contributed by atoms with Gasteiger partial charge < -0.3 is 9.31 Å². The van der Waals surface area contributed by atoms with Crippen molar-refractivity contribution in [2.75, 3.05) is 13.2 Å². The molecular weight excluding hydrogens is 255 g/mol. The molecule has 104 valence electrons.